The number of benzene rings is 1. The summed E-state index contributed by atoms with van der Waals surface area (Å²) in [5, 5.41) is 0. The Hall–Kier alpha value is -1.87. The van der Waals surface area contributed by atoms with E-state index in [1.165, 1.54) is 6.92 Å². The molecule has 164 valence electrons. The molecule has 2 saturated heterocycles. The predicted octanol–water partition coefficient (Wildman–Crippen LogP) is 3.52. The number of fused-ring (bicyclic) bond motifs is 1. The molecule has 1 aromatic carbocycles. The van der Waals surface area contributed by atoms with E-state index in [1.807, 2.05) is 30.3 Å². The molecule has 0 aliphatic carbocycles. The van der Waals surface area contributed by atoms with Gasteiger partial charge in [0.1, 0.15) is 12.1 Å². The molecule has 2 fully saturated rings. The average molecular weight is 435 g/mol. The van der Waals surface area contributed by atoms with E-state index in [9.17, 15) is 4.79 Å². The second kappa shape index (κ2) is 9.09. The van der Waals surface area contributed by atoms with E-state index >= 15 is 0 Å². The van der Waals surface area contributed by atoms with Crippen LogP contribution in [0.3, 0.4) is 0 Å². The SMILES string of the molecule is CC(=O)O[C@@H]1[C@H]2OC(C)(C)O[C@H]2O[C@@H]1[C@@H](CO[Si](C)(C)C)N=C=Nc1ccccc1. The molecule has 30 heavy (non-hydrogen) atoms. The minimum Gasteiger partial charge on any atom is -0.457 e. The maximum absolute atomic E-state index is 11.8. The number of nitrogens with zero attached hydrogens (tertiary/aromatic N) is 2. The molecule has 0 N–H and O–H groups in total. The fourth-order valence-electron chi connectivity index (χ4n) is 3.34. The molecule has 3 rings (SSSR count). The maximum Gasteiger partial charge on any atom is 0.303 e. The molecular weight excluding hydrogens is 404 g/mol. The van der Waals surface area contributed by atoms with Gasteiger partial charge in [-0.05, 0) is 45.6 Å². The standard InChI is InChI=1S/C21H30N2O6Si/c1-14(24)26-18-17(27-20-19(18)28-21(2,3)29-20)16(12-25-30(4,5)6)23-13-22-15-10-8-7-9-11-15/h7-11,16-20H,12H2,1-6H3/t16-,17-,18+,19-,20-/m1/s1. The van der Waals surface area contributed by atoms with Crippen LogP contribution >= 0.6 is 0 Å². The minimum atomic E-state index is -1.82. The first-order valence-corrected chi connectivity index (χ1v) is 13.5. The summed E-state index contributed by atoms with van der Waals surface area (Å²) < 4.78 is 29.5. The van der Waals surface area contributed by atoms with Gasteiger partial charge in [0.15, 0.2) is 32.6 Å². The van der Waals surface area contributed by atoms with E-state index in [1.54, 1.807) is 13.8 Å². The van der Waals surface area contributed by atoms with Crippen LogP contribution in [0.25, 0.3) is 0 Å². The monoisotopic (exact) mass is 434 g/mol. The van der Waals surface area contributed by atoms with Gasteiger partial charge in [0.2, 0.25) is 0 Å². The Morgan fingerprint density at radius 3 is 2.57 bits per heavy atom. The number of aliphatic imine (C=N–C) groups is 2. The summed E-state index contributed by atoms with van der Waals surface area (Å²) in [5.41, 5.74) is 0.736. The topological polar surface area (TPSA) is 87.9 Å². The van der Waals surface area contributed by atoms with Gasteiger partial charge in [-0.15, -0.1) is 0 Å². The largest absolute Gasteiger partial charge is 0.457 e. The molecule has 8 nitrogen and oxygen atoms in total. The molecule has 0 bridgehead atoms. The molecule has 2 aliphatic rings. The lowest BCUT2D eigenvalue weighted by Crippen LogP contribution is -2.45. The van der Waals surface area contributed by atoms with Gasteiger partial charge in [0.25, 0.3) is 0 Å². The lowest BCUT2D eigenvalue weighted by molar-refractivity contribution is -0.221. The molecule has 1 aromatic rings. The Morgan fingerprint density at radius 1 is 1.23 bits per heavy atom. The number of para-hydroxylation sites is 1. The second-order valence-electron chi connectivity index (χ2n) is 8.81. The summed E-state index contributed by atoms with van der Waals surface area (Å²) in [6.07, 6.45) is -2.46. The number of carbonyl (C=O) groups excluding carboxylic acids is 1. The molecule has 0 aromatic heterocycles. The third-order valence-electron chi connectivity index (χ3n) is 4.55. The van der Waals surface area contributed by atoms with Crippen molar-refractivity contribution in [3.05, 3.63) is 30.3 Å². The van der Waals surface area contributed by atoms with Gasteiger partial charge in [0, 0.05) is 6.92 Å². The van der Waals surface area contributed by atoms with Crippen molar-refractivity contribution in [2.24, 2.45) is 9.98 Å². The quantitative estimate of drug-likeness (QED) is 0.371. The van der Waals surface area contributed by atoms with Crippen LogP contribution in [-0.4, -0.2) is 63.3 Å². The molecule has 0 saturated carbocycles. The summed E-state index contributed by atoms with van der Waals surface area (Å²) in [6, 6.07) is 11.7. The van der Waals surface area contributed by atoms with Crippen LogP contribution in [0.2, 0.25) is 19.6 Å². The van der Waals surface area contributed by atoms with Crippen molar-refractivity contribution < 1.29 is 28.2 Å². The molecular formula is C21H30N2O6Si. The first-order valence-electron chi connectivity index (χ1n) is 10.1. The van der Waals surface area contributed by atoms with Gasteiger partial charge in [-0.1, -0.05) is 18.2 Å². The molecule has 0 spiro atoms. The van der Waals surface area contributed by atoms with Crippen molar-refractivity contribution >= 4 is 26.0 Å². The van der Waals surface area contributed by atoms with Crippen molar-refractivity contribution in [1.82, 2.24) is 0 Å². The normalized spacial score (nSPS) is 28.3. The van der Waals surface area contributed by atoms with Gasteiger partial charge < -0.3 is 23.4 Å². The van der Waals surface area contributed by atoms with Crippen LogP contribution < -0.4 is 0 Å². The Bertz CT molecular complexity index is 803. The van der Waals surface area contributed by atoms with Crippen molar-refractivity contribution in [1.29, 1.82) is 0 Å². The molecule has 9 heteroatoms. The van der Waals surface area contributed by atoms with Gasteiger partial charge in [0.05, 0.1) is 18.3 Å². The lowest BCUT2D eigenvalue weighted by atomic mass is 10.0. The smallest absolute Gasteiger partial charge is 0.303 e. The molecule has 0 amide bonds. The zero-order chi connectivity index (χ0) is 21.9. The van der Waals surface area contributed by atoms with E-state index in [2.05, 4.69) is 35.6 Å². The van der Waals surface area contributed by atoms with E-state index in [0.717, 1.165) is 5.69 Å². The molecule has 0 radical (unpaired) electrons. The Labute approximate surface area is 178 Å². The van der Waals surface area contributed by atoms with Gasteiger partial charge in [-0.25, -0.2) is 4.99 Å². The summed E-state index contributed by atoms with van der Waals surface area (Å²) in [5.74, 6) is -1.24. The molecule has 5 atom stereocenters. The number of hydrogen-bond donors (Lipinski definition) is 0. The van der Waals surface area contributed by atoms with Gasteiger partial charge >= 0.3 is 5.97 Å². The van der Waals surface area contributed by atoms with Crippen molar-refractivity contribution in [2.45, 2.75) is 76.8 Å². The number of hydrogen-bond acceptors (Lipinski definition) is 8. The van der Waals surface area contributed by atoms with Gasteiger partial charge in [-0.3, -0.25) is 4.79 Å². The van der Waals surface area contributed by atoms with E-state index in [4.69, 9.17) is 23.4 Å². The highest BCUT2D eigenvalue weighted by Crippen LogP contribution is 2.40. The van der Waals surface area contributed by atoms with E-state index in [0.29, 0.717) is 0 Å². The van der Waals surface area contributed by atoms with Crippen LogP contribution in [0.15, 0.2) is 40.3 Å². The fourth-order valence-corrected chi connectivity index (χ4v) is 4.01. The average Bonchev–Trinajstić information content (AvgIpc) is 3.10. The third-order valence-corrected chi connectivity index (χ3v) is 5.59. The number of ether oxygens (including phenoxy) is 4. The second-order valence-corrected chi connectivity index (χ2v) is 13.3. The number of carbonyl (C=O) groups is 1. The van der Waals surface area contributed by atoms with E-state index in [-0.39, 0.29) is 6.61 Å². The maximum atomic E-state index is 11.8. The first kappa shape index (κ1) is 22.8. The van der Waals surface area contributed by atoms with Gasteiger partial charge in [-0.2, -0.15) is 4.99 Å². The summed E-state index contributed by atoms with van der Waals surface area (Å²) in [7, 11) is -1.82. The van der Waals surface area contributed by atoms with E-state index < -0.39 is 50.7 Å². The number of esters is 1. The molecule has 0 unspecified atom stereocenters. The predicted molar refractivity (Wildman–Crippen MR) is 113 cm³/mol. The first-order chi connectivity index (χ1) is 14.0. The highest BCUT2D eigenvalue weighted by molar-refractivity contribution is 6.69. The Morgan fingerprint density at radius 2 is 1.93 bits per heavy atom. The zero-order valence-corrected chi connectivity index (χ0v) is 19.3. The fraction of sp³-hybridized carbons (Fsp3) is 0.619. The van der Waals surface area contributed by atoms with Crippen molar-refractivity contribution in [2.75, 3.05) is 6.61 Å². The Balaban J connectivity index is 1.85. The number of rotatable bonds is 7. The van der Waals surface area contributed by atoms with Crippen LogP contribution in [0.1, 0.15) is 20.8 Å². The third kappa shape index (κ3) is 6.07. The van der Waals surface area contributed by atoms with Crippen LogP contribution in [0.5, 0.6) is 0 Å². The highest BCUT2D eigenvalue weighted by Gasteiger charge is 2.58. The Kier molecular flexibility index (Phi) is 6.91. The summed E-state index contributed by atoms with van der Waals surface area (Å²) in [4.78, 5) is 20.5. The van der Waals surface area contributed by atoms with Crippen molar-refractivity contribution in [3.8, 4) is 0 Å². The summed E-state index contributed by atoms with van der Waals surface area (Å²) >= 11 is 0. The summed E-state index contributed by atoms with van der Waals surface area (Å²) in [6.45, 7) is 11.5. The van der Waals surface area contributed by atoms with Crippen molar-refractivity contribution in [3.63, 3.8) is 0 Å². The molecule has 2 aliphatic heterocycles. The zero-order valence-electron chi connectivity index (χ0n) is 18.3. The highest BCUT2D eigenvalue weighted by atomic mass is 28.4. The van der Waals surface area contributed by atoms with Crippen LogP contribution in [-0.2, 0) is 28.2 Å². The lowest BCUT2D eigenvalue weighted by Gasteiger charge is -2.29. The van der Waals surface area contributed by atoms with Crippen LogP contribution in [0.4, 0.5) is 5.69 Å². The molecule has 2 heterocycles. The minimum absolute atomic E-state index is 0.290. The van der Waals surface area contributed by atoms with Crippen LogP contribution in [0, 0.1) is 0 Å².